The van der Waals surface area contributed by atoms with Crippen molar-refractivity contribution >= 4 is 29.9 Å². The summed E-state index contributed by atoms with van der Waals surface area (Å²) in [5.74, 6) is -0.196. The van der Waals surface area contributed by atoms with Crippen LogP contribution in [0.15, 0.2) is 48.5 Å². The van der Waals surface area contributed by atoms with Gasteiger partial charge in [0.2, 0.25) is 5.91 Å². The molecule has 0 aliphatic carbocycles. The van der Waals surface area contributed by atoms with Gasteiger partial charge in [-0.2, -0.15) is 0 Å². The van der Waals surface area contributed by atoms with Crippen molar-refractivity contribution in [3.63, 3.8) is 0 Å². The summed E-state index contributed by atoms with van der Waals surface area (Å²) in [6.07, 6.45) is 1.28. The van der Waals surface area contributed by atoms with Crippen LogP contribution >= 0.6 is 12.4 Å². The Morgan fingerprint density at radius 2 is 1.79 bits per heavy atom. The zero-order valence-electron chi connectivity index (χ0n) is 16.6. The second kappa shape index (κ2) is 10.4. The van der Waals surface area contributed by atoms with Crippen LogP contribution < -0.4 is 16.4 Å². The number of nitrogens with two attached hydrogens (primary N) is 1. The van der Waals surface area contributed by atoms with Crippen LogP contribution in [0.5, 0.6) is 0 Å². The molecule has 0 unspecified atom stereocenters. The van der Waals surface area contributed by atoms with Gasteiger partial charge in [-0.25, -0.2) is 0 Å². The monoisotopic (exact) mass is 417 g/mol. The molecular formula is C22H28ClN3O3. The van der Waals surface area contributed by atoms with E-state index in [1.807, 2.05) is 43.3 Å². The third kappa shape index (κ3) is 5.79. The maximum Gasteiger partial charge on any atom is 0.255 e. The lowest BCUT2D eigenvalue weighted by Gasteiger charge is -2.34. The largest absolute Gasteiger partial charge is 0.381 e. The fraction of sp³-hybridized carbons (Fsp3) is 0.364. The number of halogens is 1. The van der Waals surface area contributed by atoms with Crippen molar-refractivity contribution in [1.29, 1.82) is 0 Å². The van der Waals surface area contributed by atoms with Crippen molar-refractivity contribution < 1.29 is 14.3 Å². The molecule has 1 aliphatic heterocycles. The number of benzene rings is 2. The average molecular weight is 418 g/mol. The summed E-state index contributed by atoms with van der Waals surface area (Å²) in [5.41, 5.74) is 8.66. The lowest BCUT2D eigenvalue weighted by atomic mass is 9.79. The van der Waals surface area contributed by atoms with Gasteiger partial charge in [-0.1, -0.05) is 29.8 Å². The number of aryl methyl sites for hydroxylation is 1. The summed E-state index contributed by atoms with van der Waals surface area (Å²) in [6.45, 7) is 3.80. The van der Waals surface area contributed by atoms with Gasteiger partial charge in [0.1, 0.15) is 0 Å². The lowest BCUT2D eigenvalue weighted by molar-refractivity contribution is -0.136. The molecule has 0 bridgehead atoms. The Balaban J connectivity index is 0.00000300. The molecule has 3 rings (SSSR count). The maximum atomic E-state index is 12.7. The number of rotatable bonds is 6. The molecule has 0 spiro atoms. The summed E-state index contributed by atoms with van der Waals surface area (Å²) >= 11 is 0. The van der Waals surface area contributed by atoms with Crippen LogP contribution in [0.2, 0.25) is 0 Å². The molecule has 7 heteroatoms. The van der Waals surface area contributed by atoms with Crippen LogP contribution in [0.25, 0.3) is 0 Å². The lowest BCUT2D eigenvalue weighted by Crippen LogP contribution is -2.48. The van der Waals surface area contributed by atoms with E-state index in [1.54, 1.807) is 12.1 Å². The smallest absolute Gasteiger partial charge is 0.255 e. The third-order valence-electron chi connectivity index (χ3n) is 5.27. The van der Waals surface area contributed by atoms with Crippen molar-refractivity contribution in [2.75, 3.05) is 25.1 Å². The van der Waals surface area contributed by atoms with Gasteiger partial charge in [-0.15, -0.1) is 12.4 Å². The van der Waals surface area contributed by atoms with Crippen molar-refractivity contribution in [1.82, 2.24) is 5.32 Å². The summed E-state index contributed by atoms with van der Waals surface area (Å²) < 4.78 is 5.36. The SMILES string of the molecule is Cc1ccc(C(=O)Nc2cccc(CNC(=O)C3(CN)CCOCC3)c2)cc1.Cl. The highest BCUT2D eigenvalue weighted by Crippen LogP contribution is 2.29. The van der Waals surface area contributed by atoms with Crippen molar-refractivity contribution in [2.24, 2.45) is 11.1 Å². The minimum Gasteiger partial charge on any atom is -0.381 e. The Kier molecular flexibility index (Phi) is 8.20. The molecule has 1 aliphatic rings. The number of hydrogen-bond acceptors (Lipinski definition) is 4. The topological polar surface area (TPSA) is 93.5 Å². The highest BCUT2D eigenvalue weighted by atomic mass is 35.5. The molecule has 2 aromatic rings. The normalized spacial score (nSPS) is 15.1. The molecule has 0 aromatic heterocycles. The number of hydrogen-bond donors (Lipinski definition) is 3. The van der Waals surface area contributed by atoms with E-state index in [0.717, 1.165) is 11.1 Å². The molecule has 2 amide bonds. The van der Waals surface area contributed by atoms with Crippen LogP contribution in [0, 0.1) is 12.3 Å². The first-order valence-electron chi connectivity index (χ1n) is 9.55. The number of carbonyl (C=O) groups is 2. The summed E-state index contributed by atoms with van der Waals surface area (Å²) in [6, 6.07) is 14.9. The van der Waals surface area contributed by atoms with Crippen LogP contribution in [-0.2, 0) is 16.1 Å². The van der Waals surface area contributed by atoms with Crippen molar-refractivity contribution in [3.8, 4) is 0 Å². The second-order valence-corrected chi connectivity index (χ2v) is 7.30. The van der Waals surface area contributed by atoms with Gasteiger partial charge < -0.3 is 21.1 Å². The zero-order valence-corrected chi connectivity index (χ0v) is 17.4. The van der Waals surface area contributed by atoms with Crippen LogP contribution in [0.1, 0.15) is 34.3 Å². The standard InChI is InChI=1S/C22H27N3O3.ClH/c1-16-5-7-18(8-6-16)20(26)25-19-4-2-3-17(13-19)14-24-21(27)22(15-23)9-11-28-12-10-22;/h2-8,13H,9-12,14-15,23H2,1H3,(H,24,27)(H,25,26);1H. The van der Waals surface area contributed by atoms with E-state index in [0.29, 0.717) is 50.4 Å². The second-order valence-electron chi connectivity index (χ2n) is 7.30. The van der Waals surface area contributed by atoms with Crippen LogP contribution in [-0.4, -0.2) is 31.6 Å². The first kappa shape index (κ1) is 22.9. The Morgan fingerprint density at radius 1 is 1.10 bits per heavy atom. The molecule has 1 fully saturated rings. The van der Waals surface area contributed by atoms with Gasteiger partial charge in [-0.3, -0.25) is 9.59 Å². The Labute approximate surface area is 177 Å². The molecule has 0 radical (unpaired) electrons. The van der Waals surface area contributed by atoms with E-state index in [1.165, 1.54) is 0 Å². The molecule has 0 atom stereocenters. The summed E-state index contributed by atoms with van der Waals surface area (Å²) in [7, 11) is 0. The molecule has 0 saturated carbocycles. The van der Waals surface area contributed by atoms with Crippen molar-refractivity contribution in [3.05, 3.63) is 65.2 Å². The van der Waals surface area contributed by atoms with E-state index in [2.05, 4.69) is 10.6 Å². The number of carbonyl (C=O) groups excluding carboxylic acids is 2. The van der Waals surface area contributed by atoms with Crippen LogP contribution in [0.4, 0.5) is 5.69 Å². The summed E-state index contributed by atoms with van der Waals surface area (Å²) in [5, 5.41) is 5.89. The highest BCUT2D eigenvalue weighted by Gasteiger charge is 2.38. The quantitative estimate of drug-likeness (QED) is 0.673. The number of nitrogens with one attached hydrogen (secondary N) is 2. The van der Waals surface area contributed by atoms with Crippen molar-refractivity contribution in [2.45, 2.75) is 26.3 Å². The fourth-order valence-corrected chi connectivity index (χ4v) is 3.32. The number of anilines is 1. The van der Waals surface area contributed by atoms with E-state index >= 15 is 0 Å². The van der Waals surface area contributed by atoms with E-state index in [-0.39, 0.29) is 24.2 Å². The van der Waals surface area contributed by atoms with E-state index in [9.17, 15) is 9.59 Å². The molecule has 1 heterocycles. The maximum absolute atomic E-state index is 12.7. The third-order valence-corrected chi connectivity index (χ3v) is 5.27. The average Bonchev–Trinajstić information content (AvgIpc) is 2.73. The molecule has 4 N–H and O–H groups in total. The molecular weight excluding hydrogens is 390 g/mol. The van der Waals surface area contributed by atoms with E-state index < -0.39 is 5.41 Å². The first-order chi connectivity index (χ1) is 13.5. The molecule has 1 saturated heterocycles. The number of amides is 2. The van der Waals surface area contributed by atoms with Gasteiger partial charge >= 0.3 is 0 Å². The minimum absolute atomic E-state index is 0. The Hall–Kier alpha value is -2.41. The van der Waals surface area contributed by atoms with Gasteiger partial charge in [0.15, 0.2) is 0 Å². The highest BCUT2D eigenvalue weighted by molar-refractivity contribution is 6.04. The fourth-order valence-electron chi connectivity index (χ4n) is 3.32. The Morgan fingerprint density at radius 3 is 2.45 bits per heavy atom. The summed E-state index contributed by atoms with van der Waals surface area (Å²) in [4.78, 5) is 25.1. The molecule has 156 valence electrons. The predicted molar refractivity (Wildman–Crippen MR) is 116 cm³/mol. The molecule has 2 aromatic carbocycles. The molecule has 6 nitrogen and oxygen atoms in total. The van der Waals surface area contributed by atoms with E-state index in [4.69, 9.17) is 10.5 Å². The van der Waals surface area contributed by atoms with Gasteiger partial charge in [-0.05, 0) is 49.6 Å². The van der Waals surface area contributed by atoms with Gasteiger partial charge in [0.05, 0.1) is 5.41 Å². The predicted octanol–water partition coefficient (Wildman–Crippen LogP) is 3.04. The molecule has 29 heavy (non-hydrogen) atoms. The Bertz CT molecular complexity index is 833. The van der Waals surface area contributed by atoms with Gasteiger partial charge in [0, 0.05) is 37.6 Å². The number of ether oxygens (including phenoxy) is 1. The minimum atomic E-state index is -0.546. The first-order valence-corrected chi connectivity index (χ1v) is 9.55. The zero-order chi connectivity index (χ0) is 20.0. The van der Waals surface area contributed by atoms with Crippen LogP contribution in [0.3, 0.4) is 0 Å². The van der Waals surface area contributed by atoms with Gasteiger partial charge in [0.25, 0.3) is 5.91 Å².